The van der Waals surface area contributed by atoms with Gasteiger partial charge in [-0.2, -0.15) is 0 Å². The predicted octanol–water partition coefficient (Wildman–Crippen LogP) is 5.01. The van der Waals surface area contributed by atoms with Gasteiger partial charge in [0.25, 0.3) is 0 Å². The van der Waals surface area contributed by atoms with Gasteiger partial charge in [0.2, 0.25) is 0 Å². The highest BCUT2D eigenvalue weighted by Gasteiger charge is 2.11. The largest absolute Gasteiger partial charge is 0.504 e. The highest BCUT2D eigenvalue weighted by Crippen LogP contribution is 2.31. The first-order valence-corrected chi connectivity index (χ1v) is 8.38. The molecule has 3 rings (SSSR count). The van der Waals surface area contributed by atoms with Crippen molar-refractivity contribution in [3.63, 3.8) is 0 Å². The minimum Gasteiger partial charge on any atom is -0.504 e. The van der Waals surface area contributed by atoms with Crippen LogP contribution in [-0.2, 0) is 6.42 Å². The van der Waals surface area contributed by atoms with Crippen molar-refractivity contribution in [1.82, 2.24) is 0 Å². The summed E-state index contributed by atoms with van der Waals surface area (Å²) in [6.07, 6.45) is 0.997. The molecular weight excluding hydrogens is 328 g/mol. The Bertz CT molecular complexity index is 870. The van der Waals surface area contributed by atoms with E-state index in [9.17, 15) is 9.90 Å². The summed E-state index contributed by atoms with van der Waals surface area (Å²) in [5.74, 6) is 1.66. The second kappa shape index (κ2) is 8.21. The van der Waals surface area contributed by atoms with Crippen LogP contribution in [0.4, 0.5) is 0 Å². The Kier molecular flexibility index (Phi) is 5.54. The summed E-state index contributed by atoms with van der Waals surface area (Å²) in [5, 5.41) is 10.2. The van der Waals surface area contributed by atoms with E-state index in [1.807, 2.05) is 42.5 Å². The molecule has 0 amide bonds. The normalized spacial score (nSPS) is 10.3. The molecule has 0 fully saturated rings. The van der Waals surface area contributed by atoms with E-state index in [0.717, 1.165) is 11.3 Å². The van der Waals surface area contributed by atoms with Crippen LogP contribution in [0.1, 0.15) is 22.3 Å². The fourth-order valence-corrected chi connectivity index (χ4v) is 2.59. The minimum atomic E-state index is -0.0517. The summed E-state index contributed by atoms with van der Waals surface area (Å²) in [5.41, 5.74) is 1.53. The molecule has 4 nitrogen and oxygen atoms in total. The number of Topliss-reactive ketones (excluding diaryl/α,β-unsaturated/α-hetero) is 1. The van der Waals surface area contributed by atoms with Gasteiger partial charge in [0.05, 0.1) is 7.11 Å². The van der Waals surface area contributed by atoms with Gasteiger partial charge in [0.15, 0.2) is 17.3 Å². The van der Waals surface area contributed by atoms with E-state index in [2.05, 4.69) is 0 Å². The molecule has 0 saturated carbocycles. The number of carbonyl (C=O) groups excluding carboxylic acids is 1. The van der Waals surface area contributed by atoms with Crippen LogP contribution < -0.4 is 9.47 Å². The average Bonchev–Trinajstić information content (AvgIpc) is 2.69. The maximum atomic E-state index is 12.4. The molecule has 26 heavy (non-hydrogen) atoms. The molecule has 0 aliphatic heterocycles. The van der Waals surface area contributed by atoms with Crippen LogP contribution in [0.15, 0.2) is 72.8 Å². The van der Waals surface area contributed by atoms with Gasteiger partial charge in [0.1, 0.15) is 11.5 Å². The summed E-state index contributed by atoms with van der Waals surface area (Å²) < 4.78 is 10.7. The summed E-state index contributed by atoms with van der Waals surface area (Å²) in [6.45, 7) is 0. The zero-order valence-corrected chi connectivity index (χ0v) is 14.5. The summed E-state index contributed by atoms with van der Waals surface area (Å²) in [6, 6.07) is 21.6. The molecule has 0 aromatic heterocycles. The number of rotatable bonds is 7. The number of hydrogen-bond acceptors (Lipinski definition) is 4. The van der Waals surface area contributed by atoms with Gasteiger partial charge in [-0.3, -0.25) is 4.79 Å². The molecule has 3 aromatic carbocycles. The molecule has 132 valence electrons. The standard InChI is InChI=1S/C22H20O4/c1-25-18-11-7-16(8-12-18)9-13-20(23)17-10-14-22(21(24)15-17)26-19-5-3-2-4-6-19/h2-8,10-12,14-15,24H,9,13H2,1H3. The van der Waals surface area contributed by atoms with Gasteiger partial charge in [-0.05, 0) is 54.4 Å². The maximum absolute atomic E-state index is 12.4. The van der Waals surface area contributed by atoms with Crippen molar-refractivity contribution in [2.24, 2.45) is 0 Å². The van der Waals surface area contributed by atoms with Crippen LogP contribution in [0.2, 0.25) is 0 Å². The molecule has 0 radical (unpaired) electrons. The number of phenols is 1. The summed E-state index contributed by atoms with van der Waals surface area (Å²) >= 11 is 0. The zero-order valence-electron chi connectivity index (χ0n) is 14.5. The van der Waals surface area contributed by atoms with Gasteiger partial charge < -0.3 is 14.6 Å². The number of hydrogen-bond donors (Lipinski definition) is 1. The number of aryl methyl sites for hydroxylation is 1. The number of phenolic OH excluding ortho intramolecular Hbond substituents is 1. The molecule has 0 aliphatic carbocycles. The minimum absolute atomic E-state index is 0.0256. The van der Waals surface area contributed by atoms with E-state index < -0.39 is 0 Å². The highest BCUT2D eigenvalue weighted by atomic mass is 16.5. The Morgan fingerprint density at radius 1 is 0.923 bits per heavy atom. The number of benzene rings is 3. The van der Waals surface area contributed by atoms with Crippen LogP contribution in [0.5, 0.6) is 23.0 Å². The molecule has 0 atom stereocenters. The predicted molar refractivity (Wildman–Crippen MR) is 100 cm³/mol. The highest BCUT2D eigenvalue weighted by molar-refractivity contribution is 5.96. The van der Waals surface area contributed by atoms with E-state index in [4.69, 9.17) is 9.47 Å². The fourth-order valence-electron chi connectivity index (χ4n) is 2.59. The molecule has 1 N–H and O–H groups in total. The first kappa shape index (κ1) is 17.5. The van der Waals surface area contributed by atoms with Gasteiger partial charge in [0, 0.05) is 12.0 Å². The zero-order chi connectivity index (χ0) is 18.4. The maximum Gasteiger partial charge on any atom is 0.169 e. The van der Waals surface area contributed by atoms with E-state index >= 15 is 0 Å². The fraction of sp³-hybridized carbons (Fsp3) is 0.136. The van der Waals surface area contributed by atoms with Crippen LogP contribution in [0.25, 0.3) is 0 Å². The first-order valence-electron chi connectivity index (χ1n) is 8.38. The first-order chi connectivity index (χ1) is 12.7. The van der Waals surface area contributed by atoms with Gasteiger partial charge in [-0.15, -0.1) is 0 Å². The Morgan fingerprint density at radius 2 is 1.65 bits per heavy atom. The monoisotopic (exact) mass is 348 g/mol. The molecule has 0 heterocycles. The van der Waals surface area contributed by atoms with Crippen molar-refractivity contribution in [1.29, 1.82) is 0 Å². The van der Waals surface area contributed by atoms with E-state index in [1.54, 1.807) is 31.4 Å². The molecule has 0 saturated heterocycles. The van der Waals surface area contributed by atoms with E-state index in [1.165, 1.54) is 6.07 Å². The second-order valence-electron chi connectivity index (χ2n) is 5.87. The van der Waals surface area contributed by atoms with Gasteiger partial charge in [-0.25, -0.2) is 0 Å². The van der Waals surface area contributed by atoms with Gasteiger partial charge >= 0.3 is 0 Å². The number of aromatic hydroxyl groups is 1. The Labute approximate surface area is 152 Å². The van der Waals surface area contributed by atoms with Crippen molar-refractivity contribution in [2.45, 2.75) is 12.8 Å². The molecule has 0 aliphatic rings. The summed E-state index contributed by atoms with van der Waals surface area (Å²) in [4.78, 5) is 12.4. The Balaban J connectivity index is 1.63. The van der Waals surface area contributed by atoms with Crippen molar-refractivity contribution in [2.75, 3.05) is 7.11 Å². The quantitative estimate of drug-likeness (QED) is 0.610. The molecular formula is C22H20O4. The van der Waals surface area contributed by atoms with Crippen molar-refractivity contribution >= 4 is 5.78 Å². The van der Waals surface area contributed by atoms with Crippen LogP contribution in [0, 0.1) is 0 Å². The lowest BCUT2D eigenvalue weighted by molar-refractivity contribution is 0.0982. The Morgan fingerprint density at radius 3 is 2.31 bits per heavy atom. The molecule has 4 heteroatoms. The molecule has 0 bridgehead atoms. The number of carbonyl (C=O) groups is 1. The smallest absolute Gasteiger partial charge is 0.169 e. The van der Waals surface area contributed by atoms with Crippen molar-refractivity contribution < 1.29 is 19.4 Å². The third-order valence-electron chi connectivity index (χ3n) is 4.05. The van der Waals surface area contributed by atoms with Crippen molar-refractivity contribution in [3.05, 3.63) is 83.9 Å². The number of ketones is 1. The second-order valence-corrected chi connectivity index (χ2v) is 5.87. The topological polar surface area (TPSA) is 55.8 Å². The molecule has 0 unspecified atom stereocenters. The third kappa shape index (κ3) is 4.42. The third-order valence-corrected chi connectivity index (χ3v) is 4.05. The summed E-state index contributed by atoms with van der Waals surface area (Å²) in [7, 11) is 1.62. The van der Waals surface area contributed by atoms with Crippen LogP contribution in [-0.4, -0.2) is 18.0 Å². The van der Waals surface area contributed by atoms with Gasteiger partial charge in [-0.1, -0.05) is 30.3 Å². The molecule has 0 spiro atoms. The molecule has 3 aromatic rings. The average molecular weight is 348 g/mol. The Hall–Kier alpha value is -3.27. The van der Waals surface area contributed by atoms with Crippen LogP contribution >= 0.6 is 0 Å². The van der Waals surface area contributed by atoms with E-state index in [0.29, 0.717) is 29.9 Å². The number of ether oxygens (including phenoxy) is 2. The lowest BCUT2D eigenvalue weighted by Gasteiger charge is -2.09. The SMILES string of the molecule is COc1ccc(CCC(=O)c2ccc(Oc3ccccc3)c(O)c2)cc1. The number of para-hydroxylation sites is 1. The number of methoxy groups -OCH3 is 1. The van der Waals surface area contributed by atoms with E-state index in [-0.39, 0.29) is 11.5 Å². The lowest BCUT2D eigenvalue weighted by Crippen LogP contribution is -2.01. The van der Waals surface area contributed by atoms with Crippen LogP contribution in [0.3, 0.4) is 0 Å². The van der Waals surface area contributed by atoms with Crippen molar-refractivity contribution in [3.8, 4) is 23.0 Å². The lowest BCUT2D eigenvalue weighted by atomic mass is 10.0.